The van der Waals surface area contributed by atoms with Gasteiger partial charge in [0.2, 0.25) is 0 Å². The van der Waals surface area contributed by atoms with Crippen molar-refractivity contribution in [1.82, 2.24) is 0 Å². The average molecular weight is 236 g/mol. The number of sulfone groups is 1. The van der Waals surface area contributed by atoms with Gasteiger partial charge in [0.05, 0.1) is 14.4 Å². The number of hydrogen-bond donors (Lipinski definition) is 0. The average Bonchev–Trinajstić information content (AvgIpc) is 2.51. The SMILES string of the molecule is CSc1sccc1S(=O)(=O)C(C)C. The summed E-state index contributed by atoms with van der Waals surface area (Å²) >= 11 is 2.96. The van der Waals surface area contributed by atoms with Crippen molar-refractivity contribution < 1.29 is 8.42 Å². The highest BCUT2D eigenvalue weighted by Gasteiger charge is 2.22. The third-order valence-electron chi connectivity index (χ3n) is 1.71. The van der Waals surface area contributed by atoms with E-state index in [1.165, 1.54) is 23.1 Å². The molecule has 0 saturated heterocycles. The maximum atomic E-state index is 11.8. The molecule has 2 nitrogen and oxygen atoms in total. The highest BCUT2D eigenvalue weighted by atomic mass is 32.2. The number of hydrogen-bond acceptors (Lipinski definition) is 4. The zero-order valence-corrected chi connectivity index (χ0v) is 10.2. The molecular weight excluding hydrogens is 224 g/mol. The molecule has 0 aliphatic heterocycles. The molecule has 1 heterocycles. The molecule has 0 spiro atoms. The maximum Gasteiger partial charge on any atom is 0.182 e. The first kappa shape index (κ1) is 11.1. The molecular formula is C8H12O2S3. The van der Waals surface area contributed by atoms with Crippen LogP contribution in [-0.4, -0.2) is 19.9 Å². The second-order valence-corrected chi connectivity index (χ2v) is 7.33. The van der Waals surface area contributed by atoms with E-state index in [9.17, 15) is 8.42 Å². The fraction of sp³-hybridized carbons (Fsp3) is 0.500. The molecule has 0 radical (unpaired) electrons. The summed E-state index contributed by atoms with van der Waals surface area (Å²) in [6, 6.07) is 1.69. The fourth-order valence-corrected chi connectivity index (χ4v) is 4.41. The van der Waals surface area contributed by atoms with Gasteiger partial charge in [0, 0.05) is 0 Å². The smallest absolute Gasteiger partial charge is 0.182 e. The first-order valence-corrected chi connectivity index (χ1v) is 7.50. The Morgan fingerprint density at radius 1 is 1.46 bits per heavy atom. The van der Waals surface area contributed by atoms with Crippen molar-refractivity contribution >= 4 is 32.9 Å². The van der Waals surface area contributed by atoms with Gasteiger partial charge in [0.1, 0.15) is 0 Å². The Morgan fingerprint density at radius 3 is 2.54 bits per heavy atom. The van der Waals surface area contributed by atoms with E-state index in [0.29, 0.717) is 4.90 Å². The van der Waals surface area contributed by atoms with Gasteiger partial charge in [-0.3, -0.25) is 0 Å². The summed E-state index contributed by atoms with van der Waals surface area (Å²) in [4.78, 5) is 0.486. The second-order valence-electron chi connectivity index (χ2n) is 2.87. The first-order valence-electron chi connectivity index (χ1n) is 3.85. The predicted molar refractivity (Wildman–Crippen MR) is 58.4 cm³/mol. The van der Waals surface area contributed by atoms with E-state index in [-0.39, 0.29) is 5.25 Å². The summed E-state index contributed by atoms with van der Waals surface area (Å²) in [5.41, 5.74) is 0. The summed E-state index contributed by atoms with van der Waals surface area (Å²) in [6.07, 6.45) is 1.89. The minimum Gasteiger partial charge on any atom is -0.223 e. The number of thiophene rings is 1. The van der Waals surface area contributed by atoms with Gasteiger partial charge in [-0.1, -0.05) is 0 Å². The molecule has 0 unspecified atom stereocenters. The minimum absolute atomic E-state index is 0.340. The largest absolute Gasteiger partial charge is 0.223 e. The summed E-state index contributed by atoms with van der Waals surface area (Å²) in [5.74, 6) is 0. The highest BCUT2D eigenvalue weighted by molar-refractivity contribution is 8.01. The molecule has 0 saturated carbocycles. The van der Waals surface area contributed by atoms with E-state index in [0.717, 1.165) is 4.21 Å². The Bertz CT molecular complexity index is 376. The van der Waals surface area contributed by atoms with E-state index < -0.39 is 9.84 Å². The molecule has 0 atom stereocenters. The van der Waals surface area contributed by atoms with Crippen LogP contribution >= 0.6 is 23.1 Å². The van der Waals surface area contributed by atoms with Crippen LogP contribution in [0.2, 0.25) is 0 Å². The number of rotatable bonds is 3. The molecule has 0 bridgehead atoms. The quantitative estimate of drug-likeness (QED) is 0.757. The Balaban J connectivity index is 3.22. The topological polar surface area (TPSA) is 34.1 Å². The molecule has 1 rings (SSSR count). The van der Waals surface area contributed by atoms with Gasteiger partial charge in [0.25, 0.3) is 0 Å². The molecule has 74 valence electrons. The molecule has 13 heavy (non-hydrogen) atoms. The normalized spacial score (nSPS) is 12.3. The Kier molecular flexibility index (Phi) is 3.43. The fourth-order valence-electron chi connectivity index (χ4n) is 0.897. The van der Waals surface area contributed by atoms with Gasteiger partial charge in [-0.25, -0.2) is 8.42 Å². The van der Waals surface area contributed by atoms with Crippen molar-refractivity contribution in [2.45, 2.75) is 28.2 Å². The van der Waals surface area contributed by atoms with Crippen LogP contribution in [0.3, 0.4) is 0 Å². The standard InChI is InChI=1S/C8H12O2S3/c1-6(2)13(9,10)7-4-5-12-8(7)11-3/h4-6H,1-3H3. The van der Waals surface area contributed by atoms with Crippen LogP contribution in [0.1, 0.15) is 13.8 Å². The van der Waals surface area contributed by atoms with Crippen LogP contribution in [0.25, 0.3) is 0 Å². The van der Waals surface area contributed by atoms with Gasteiger partial charge >= 0.3 is 0 Å². The molecule has 0 N–H and O–H groups in total. The first-order chi connectivity index (χ1) is 6.00. The van der Waals surface area contributed by atoms with Crippen LogP contribution in [0.4, 0.5) is 0 Å². The van der Waals surface area contributed by atoms with Crippen molar-refractivity contribution in [1.29, 1.82) is 0 Å². The van der Waals surface area contributed by atoms with Crippen molar-refractivity contribution in [3.8, 4) is 0 Å². The lowest BCUT2D eigenvalue weighted by molar-refractivity contribution is 0.586. The molecule has 5 heteroatoms. The third kappa shape index (κ3) is 2.08. The summed E-state index contributed by atoms with van der Waals surface area (Å²) in [6.45, 7) is 3.41. The van der Waals surface area contributed by atoms with Gasteiger partial charge in [0.15, 0.2) is 9.84 Å². The zero-order chi connectivity index (χ0) is 10.1. The van der Waals surface area contributed by atoms with Crippen LogP contribution in [-0.2, 0) is 9.84 Å². The van der Waals surface area contributed by atoms with E-state index >= 15 is 0 Å². The Labute approximate surface area is 87.3 Å². The minimum atomic E-state index is -3.09. The molecule has 1 aromatic heterocycles. The zero-order valence-electron chi connectivity index (χ0n) is 7.77. The van der Waals surface area contributed by atoms with Crippen LogP contribution in [0.5, 0.6) is 0 Å². The van der Waals surface area contributed by atoms with Gasteiger partial charge in [-0.15, -0.1) is 23.1 Å². The molecule has 0 fully saturated rings. The molecule has 0 aliphatic rings. The molecule has 0 aliphatic carbocycles. The van der Waals surface area contributed by atoms with Gasteiger partial charge in [-0.2, -0.15) is 0 Å². The van der Waals surface area contributed by atoms with E-state index in [2.05, 4.69) is 0 Å². The Hall–Kier alpha value is -0.000000000000000111. The molecule has 0 aromatic carbocycles. The van der Waals surface area contributed by atoms with E-state index in [1.54, 1.807) is 19.9 Å². The molecule has 1 aromatic rings. The summed E-state index contributed by atoms with van der Waals surface area (Å²) in [7, 11) is -3.09. The lowest BCUT2D eigenvalue weighted by atomic mass is 10.6. The lowest BCUT2D eigenvalue weighted by Gasteiger charge is -2.06. The van der Waals surface area contributed by atoms with Gasteiger partial charge < -0.3 is 0 Å². The van der Waals surface area contributed by atoms with Crippen molar-refractivity contribution in [3.05, 3.63) is 11.4 Å². The van der Waals surface area contributed by atoms with Crippen LogP contribution < -0.4 is 0 Å². The third-order valence-corrected chi connectivity index (χ3v) is 6.25. The van der Waals surface area contributed by atoms with Crippen LogP contribution in [0, 0.1) is 0 Å². The van der Waals surface area contributed by atoms with E-state index in [1.807, 2.05) is 11.6 Å². The predicted octanol–water partition coefficient (Wildman–Crippen LogP) is 2.65. The monoisotopic (exact) mass is 236 g/mol. The lowest BCUT2D eigenvalue weighted by Crippen LogP contribution is -2.13. The summed E-state index contributed by atoms with van der Waals surface area (Å²) < 4.78 is 24.4. The van der Waals surface area contributed by atoms with Crippen molar-refractivity contribution in [3.63, 3.8) is 0 Å². The maximum absolute atomic E-state index is 11.8. The van der Waals surface area contributed by atoms with Gasteiger partial charge in [-0.05, 0) is 31.5 Å². The van der Waals surface area contributed by atoms with E-state index in [4.69, 9.17) is 0 Å². The molecule has 0 amide bonds. The summed E-state index contributed by atoms with van der Waals surface area (Å²) in [5, 5.41) is 1.48. The second kappa shape index (κ2) is 4.02. The number of thioether (sulfide) groups is 1. The van der Waals surface area contributed by atoms with Crippen molar-refractivity contribution in [2.75, 3.05) is 6.26 Å². The Morgan fingerprint density at radius 2 is 2.08 bits per heavy atom. The highest BCUT2D eigenvalue weighted by Crippen LogP contribution is 2.32. The van der Waals surface area contributed by atoms with Crippen LogP contribution in [0.15, 0.2) is 20.6 Å². The van der Waals surface area contributed by atoms with Crippen molar-refractivity contribution in [2.24, 2.45) is 0 Å².